The van der Waals surface area contributed by atoms with Gasteiger partial charge in [-0.25, -0.2) is 4.99 Å². The molecule has 2 aromatic rings. The van der Waals surface area contributed by atoms with E-state index in [1.165, 1.54) is 5.56 Å². The van der Waals surface area contributed by atoms with Crippen LogP contribution in [0.1, 0.15) is 37.8 Å². The minimum atomic E-state index is 0.245. The molecule has 2 unspecified atom stereocenters. The van der Waals surface area contributed by atoms with Crippen LogP contribution in [0.5, 0.6) is 5.75 Å². The van der Waals surface area contributed by atoms with E-state index in [0.29, 0.717) is 12.5 Å². The highest BCUT2D eigenvalue weighted by Gasteiger charge is 2.15. The summed E-state index contributed by atoms with van der Waals surface area (Å²) < 4.78 is 0. The quantitative estimate of drug-likeness (QED) is 0.561. The Morgan fingerprint density at radius 2 is 1.83 bits per heavy atom. The smallest absolute Gasteiger partial charge is 0.191 e. The van der Waals surface area contributed by atoms with E-state index in [-0.39, 0.29) is 11.8 Å². The molecule has 4 nitrogen and oxygen atoms in total. The molecule has 0 aromatic heterocycles. The third kappa shape index (κ3) is 5.30. The molecule has 0 bridgehead atoms. The van der Waals surface area contributed by atoms with Crippen molar-refractivity contribution in [1.82, 2.24) is 10.6 Å². The highest BCUT2D eigenvalue weighted by atomic mass is 16.3. The molecule has 128 valence electrons. The molecule has 0 saturated carbocycles. The second-order valence-corrected chi connectivity index (χ2v) is 6.00. The van der Waals surface area contributed by atoms with Crippen molar-refractivity contribution >= 4 is 5.96 Å². The number of aromatic hydroxyl groups is 1. The largest absolute Gasteiger partial charge is 0.508 e. The van der Waals surface area contributed by atoms with Gasteiger partial charge in [0.1, 0.15) is 5.75 Å². The summed E-state index contributed by atoms with van der Waals surface area (Å²) in [5.41, 5.74) is 2.29. The van der Waals surface area contributed by atoms with Gasteiger partial charge >= 0.3 is 0 Å². The predicted octanol–water partition coefficient (Wildman–Crippen LogP) is 3.64. The fourth-order valence-corrected chi connectivity index (χ4v) is 2.53. The molecule has 2 atom stereocenters. The Morgan fingerprint density at radius 3 is 2.50 bits per heavy atom. The normalized spacial score (nSPS) is 14.0. The van der Waals surface area contributed by atoms with E-state index in [1.54, 1.807) is 12.1 Å². The zero-order valence-electron chi connectivity index (χ0n) is 14.7. The minimum Gasteiger partial charge on any atom is -0.508 e. The van der Waals surface area contributed by atoms with E-state index >= 15 is 0 Å². The van der Waals surface area contributed by atoms with Crippen molar-refractivity contribution in [3.63, 3.8) is 0 Å². The van der Waals surface area contributed by atoms with E-state index < -0.39 is 0 Å². The van der Waals surface area contributed by atoms with Crippen molar-refractivity contribution in [3.8, 4) is 5.75 Å². The van der Waals surface area contributed by atoms with Crippen molar-refractivity contribution in [3.05, 3.63) is 65.7 Å². The first-order valence-electron chi connectivity index (χ1n) is 8.48. The zero-order valence-corrected chi connectivity index (χ0v) is 14.7. The second kappa shape index (κ2) is 8.96. The molecule has 0 fully saturated rings. The Morgan fingerprint density at radius 1 is 1.08 bits per heavy atom. The molecule has 4 heteroatoms. The number of guanidine groups is 1. The summed E-state index contributed by atoms with van der Waals surface area (Å²) in [4.78, 5) is 4.62. The van der Waals surface area contributed by atoms with Gasteiger partial charge in [0.05, 0.1) is 6.54 Å². The van der Waals surface area contributed by atoms with Gasteiger partial charge in [-0.2, -0.15) is 0 Å². The second-order valence-electron chi connectivity index (χ2n) is 6.00. The molecular weight excluding hydrogens is 298 g/mol. The standard InChI is InChI=1S/C20H27N3O/c1-4-21-20(22-14-17-9-8-12-19(24)13-17)23-16(3)15(2)18-10-6-5-7-11-18/h5-13,15-16,24H,4,14H2,1-3H3,(H2,21,22,23). The zero-order chi connectivity index (χ0) is 17.4. The fourth-order valence-electron chi connectivity index (χ4n) is 2.53. The van der Waals surface area contributed by atoms with Gasteiger partial charge in [-0.05, 0) is 37.1 Å². The third-order valence-electron chi connectivity index (χ3n) is 4.11. The minimum absolute atomic E-state index is 0.245. The molecule has 2 aromatic carbocycles. The van der Waals surface area contributed by atoms with Gasteiger partial charge in [0.15, 0.2) is 5.96 Å². The van der Waals surface area contributed by atoms with Crippen LogP contribution >= 0.6 is 0 Å². The lowest BCUT2D eigenvalue weighted by atomic mass is 9.94. The maximum atomic E-state index is 9.55. The van der Waals surface area contributed by atoms with Crippen LogP contribution in [-0.2, 0) is 6.54 Å². The Labute approximate surface area is 144 Å². The molecule has 0 amide bonds. The molecular formula is C20H27N3O. The highest BCUT2D eigenvalue weighted by Crippen LogP contribution is 2.18. The Bertz CT molecular complexity index is 655. The fraction of sp³-hybridized carbons (Fsp3) is 0.350. The van der Waals surface area contributed by atoms with Crippen LogP contribution in [0.3, 0.4) is 0 Å². The first-order chi connectivity index (χ1) is 11.6. The van der Waals surface area contributed by atoms with Crippen LogP contribution in [0.25, 0.3) is 0 Å². The van der Waals surface area contributed by atoms with Crippen LogP contribution in [0.4, 0.5) is 0 Å². The number of nitrogens with one attached hydrogen (secondary N) is 2. The number of hydrogen-bond donors (Lipinski definition) is 3. The average molecular weight is 325 g/mol. The number of phenolic OH excluding ortho intramolecular Hbond substituents is 1. The van der Waals surface area contributed by atoms with Crippen LogP contribution in [0.15, 0.2) is 59.6 Å². The number of hydrogen-bond acceptors (Lipinski definition) is 2. The lowest BCUT2D eigenvalue weighted by molar-refractivity contribution is 0.474. The molecule has 0 heterocycles. The molecule has 2 rings (SSSR count). The summed E-state index contributed by atoms with van der Waals surface area (Å²) >= 11 is 0. The first-order valence-corrected chi connectivity index (χ1v) is 8.48. The Hall–Kier alpha value is -2.49. The molecule has 3 N–H and O–H groups in total. The van der Waals surface area contributed by atoms with Gasteiger partial charge in [0.2, 0.25) is 0 Å². The molecule has 0 spiro atoms. The van der Waals surface area contributed by atoms with Crippen molar-refractivity contribution in [2.24, 2.45) is 4.99 Å². The first kappa shape index (κ1) is 17.9. The van der Waals surface area contributed by atoms with E-state index in [1.807, 2.05) is 18.2 Å². The molecule has 0 radical (unpaired) electrons. The van der Waals surface area contributed by atoms with Gasteiger partial charge in [0, 0.05) is 18.5 Å². The highest BCUT2D eigenvalue weighted by molar-refractivity contribution is 5.80. The maximum Gasteiger partial charge on any atom is 0.191 e. The average Bonchev–Trinajstić information content (AvgIpc) is 2.60. The molecule has 0 aliphatic rings. The number of benzene rings is 2. The number of phenols is 1. The van der Waals surface area contributed by atoms with Crippen molar-refractivity contribution in [2.75, 3.05) is 6.54 Å². The van der Waals surface area contributed by atoms with Crippen LogP contribution in [0.2, 0.25) is 0 Å². The lowest BCUT2D eigenvalue weighted by Crippen LogP contribution is -2.44. The SMILES string of the molecule is CCNC(=NCc1cccc(O)c1)NC(C)C(C)c1ccccc1. The van der Waals surface area contributed by atoms with Gasteiger partial charge in [0.25, 0.3) is 0 Å². The van der Waals surface area contributed by atoms with Crippen LogP contribution in [0, 0.1) is 0 Å². The van der Waals surface area contributed by atoms with Gasteiger partial charge in [-0.1, -0.05) is 49.4 Å². The van der Waals surface area contributed by atoms with Crippen LogP contribution in [-0.4, -0.2) is 23.7 Å². The summed E-state index contributed by atoms with van der Waals surface area (Å²) in [6.45, 7) is 7.76. The van der Waals surface area contributed by atoms with E-state index in [0.717, 1.165) is 18.1 Å². The predicted molar refractivity (Wildman–Crippen MR) is 100 cm³/mol. The van der Waals surface area contributed by atoms with E-state index in [4.69, 9.17) is 0 Å². The number of aliphatic imine (C=N–C) groups is 1. The van der Waals surface area contributed by atoms with E-state index in [9.17, 15) is 5.11 Å². The van der Waals surface area contributed by atoms with Gasteiger partial charge in [-0.3, -0.25) is 0 Å². The molecule has 0 saturated heterocycles. The molecule has 0 aliphatic heterocycles. The molecule has 24 heavy (non-hydrogen) atoms. The van der Waals surface area contributed by atoms with Crippen LogP contribution < -0.4 is 10.6 Å². The van der Waals surface area contributed by atoms with Crippen molar-refractivity contribution < 1.29 is 5.11 Å². The number of rotatable bonds is 6. The monoisotopic (exact) mass is 325 g/mol. The van der Waals surface area contributed by atoms with Gasteiger partial charge in [-0.15, -0.1) is 0 Å². The Kier molecular flexibility index (Phi) is 6.67. The summed E-state index contributed by atoms with van der Waals surface area (Å²) in [5, 5.41) is 16.3. The van der Waals surface area contributed by atoms with Crippen molar-refractivity contribution in [2.45, 2.75) is 39.3 Å². The van der Waals surface area contributed by atoms with Gasteiger partial charge < -0.3 is 15.7 Å². The summed E-state index contributed by atoms with van der Waals surface area (Å²) in [7, 11) is 0. The summed E-state index contributed by atoms with van der Waals surface area (Å²) in [6, 6.07) is 17.9. The number of nitrogens with zero attached hydrogens (tertiary/aromatic N) is 1. The molecule has 0 aliphatic carbocycles. The maximum absolute atomic E-state index is 9.55. The third-order valence-corrected chi connectivity index (χ3v) is 4.11. The topological polar surface area (TPSA) is 56.7 Å². The van der Waals surface area contributed by atoms with E-state index in [2.05, 4.69) is 60.7 Å². The Balaban J connectivity index is 2.03. The summed E-state index contributed by atoms with van der Waals surface area (Å²) in [6.07, 6.45) is 0. The lowest BCUT2D eigenvalue weighted by Gasteiger charge is -2.24. The summed E-state index contributed by atoms with van der Waals surface area (Å²) in [5.74, 6) is 1.43. The van der Waals surface area contributed by atoms with Crippen molar-refractivity contribution in [1.29, 1.82) is 0 Å².